The molecule has 0 bridgehead atoms. The van der Waals surface area contributed by atoms with Crippen molar-refractivity contribution in [2.24, 2.45) is 11.3 Å². The van der Waals surface area contributed by atoms with E-state index < -0.39 is 0 Å². The van der Waals surface area contributed by atoms with Crippen LogP contribution in [0.5, 0.6) is 0 Å². The highest BCUT2D eigenvalue weighted by Gasteiger charge is 2.20. The van der Waals surface area contributed by atoms with Crippen LogP contribution in [0.15, 0.2) is 0 Å². The van der Waals surface area contributed by atoms with Gasteiger partial charge < -0.3 is 10.1 Å². The van der Waals surface area contributed by atoms with Gasteiger partial charge in [0.2, 0.25) is 5.91 Å². The number of carbonyl (C=O) groups excluding carboxylic acids is 1. The molecule has 0 saturated carbocycles. The smallest absolute Gasteiger partial charge is 0.246 e. The minimum absolute atomic E-state index is 0.0361. The van der Waals surface area contributed by atoms with Crippen LogP contribution >= 0.6 is 0 Å². The number of rotatable bonds is 4. The molecule has 0 aromatic heterocycles. The third-order valence-electron chi connectivity index (χ3n) is 2.72. The van der Waals surface area contributed by atoms with E-state index in [0.29, 0.717) is 12.5 Å². The predicted molar refractivity (Wildman–Crippen MR) is 67.3 cm³/mol. The quantitative estimate of drug-likeness (QED) is 0.804. The second kappa shape index (κ2) is 5.67. The molecule has 16 heavy (non-hydrogen) atoms. The Labute approximate surface area is 99.9 Å². The average molecular weight is 229 g/mol. The zero-order valence-electron chi connectivity index (χ0n) is 11.8. The SMILES string of the molecule is CC(CNC(=O)COC(C)(C)C)C(C)(C)C. The largest absolute Gasteiger partial charge is 0.366 e. The Morgan fingerprint density at radius 3 is 2.06 bits per heavy atom. The van der Waals surface area contributed by atoms with Crippen LogP contribution in [0.1, 0.15) is 48.5 Å². The van der Waals surface area contributed by atoms with Crippen LogP contribution in [0.3, 0.4) is 0 Å². The first-order chi connectivity index (χ1) is 7.02. The first kappa shape index (κ1) is 15.4. The second-order valence-electron chi connectivity index (χ2n) is 6.47. The molecule has 0 radical (unpaired) electrons. The Bertz CT molecular complexity index is 223. The van der Waals surface area contributed by atoms with Gasteiger partial charge in [-0.15, -0.1) is 0 Å². The maximum absolute atomic E-state index is 11.5. The Morgan fingerprint density at radius 2 is 1.69 bits per heavy atom. The number of nitrogens with one attached hydrogen (secondary N) is 1. The average Bonchev–Trinajstić information content (AvgIpc) is 2.08. The van der Waals surface area contributed by atoms with Crippen LogP contribution in [0.2, 0.25) is 0 Å². The predicted octanol–water partition coefficient (Wildman–Crippen LogP) is 2.60. The number of carbonyl (C=O) groups is 1. The molecular weight excluding hydrogens is 202 g/mol. The fraction of sp³-hybridized carbons (Fsp3) is 0.923. The van der Waals surface area contributed by atoms with Crippen molar-refractivity contribution in [2.75, 3.05) is 13.2 Å². The van der Waals surface area contributed by atoms with Crippen molar-refractivity contribution in [1.29, 1.82) is 0 Å². The molecule has 0 aliphatic carbocycles. The summed E-state index contributed by atoms with van der Waals surface area (Å²) >= 11 is 0. The molecule has 0 fully saturated rings. The Hall–Kier alpha value is -0.570. The van der Waals surface area contributed by atoms with Gasteiger partial charge in [-0.25, -0.2) is 0 Å². The van der Waals surface area contributed by atoms with E-state index in [2.05, 4.69) is 33.0 Å². The van der Waals surface area contributed by atoms with E-state index in [1.165, 1.54) is 0 Å². The van der Waals surface area contributed by atoms with E-state index in [1.54, 1.807) is 0 Å². The molecule has 0 aliphatic rings. The summed E-state index contributed by atoms with van der Waals surface area (Å²) in [7, 11) is 0. The summed E-state index contributed by atoms with van der Waals surface area (Å²) in [5.41, 5.74) is -0.0366. The Balaban J connectivity index is 3.83. The molecule has 0 saturated heterocycles. The highest BCUT2D eigenvalue weighted by molar-refractivity contribution is 5.77. The van der Waals surface area contributed by atoms with Gasteiger partial charge in [0.15, 0.2) is 0 Å². The van der Waals surface area contributed by atoms with Gasteiger partial charge in [-0.2, -0.15) is 0 Å². The molecule has 1 atom stereocenters. The summed E-state index contributed by atoms with van der Waals surface area (Å²) in [6, 6.07) is 0. The summed E-state index contributed by atoms with van der Waals surface area (Å²) in [6.07, 6.45) is 0. The van der Waals surface area contributed by atoms with Gasteiger partial charge in [-0.1, -0.05) is 27.7 Å². The minimum atomic E-state index is -0.257. The van der Waals surface area contributed by atoms with E-state index in [9.17, 15) is 4.79 Å². The lowest BCUT2D eigenvalue weighted by Gasteiger charge is -2.27. The van der Waals surface area contributed by atoms with Gasteiger partial charge in [0.1, 0.15) is 6.61 Å². The molecule has 3 nitrogen and oxygen atoms in total. The monoisotopic (exact) mass is 229 g/mol. The fourth-order valence-corrected chi connectivity index (χ4v) is 0.906. The van der Waals surface area contributed by atoms with Crippen LogP contribution in [0, 0.1) is 11.3 Å². The maximum Gasteiger partial charge on any atom is 0.246 e. The van der Waals surface area contributed by atoms with Crippen molar-refractivity contribution >= 4 is 5.91 Å². The lowest BCUT2D eigenvalue weighted by Crippen LogP contribution is -2.37. The molecule has 0 aliphatic heterocycles. The third-order valence-corrected chi connectivity index (χ3v) is 2.72. The molecule has 0 spiro atoms. The van der Waals surface area contributed by atoms with Crippen molar-refractivity contribution in [1.82, 2.24) is 5.32 Å². The first-order valence-corrected chi connectivity index (χ1v) is 5.93. The van der Waals surface area contributed by atoms with Crippen molar-refractivity contribution in [3.63, 3.8) is 0 Å². The Kier molecular flexibility index (Phi) is 5.47. The van der Waals surface area contributed by atoms with Crippen LogP contribution in [-0.2, 0) is 9.53 Å². The van der Waals surface area contributed by atoms with Gasteiger partial charge in [0.05, 0.1) is 5.60 Å². The van der Waals surface area contributed by atoms with Gasteiger partial charge in [-0.05, 0) is 32.1 Å². The topological polar surface area (TPSA) is 38.3 Å². The van der Waals surface area contributed by atoms with Gasteiger partial charge >= 0.3 is 0 Å². The first-order valence-electron chi connectivity index (χ1n) is 5.93. The van der Waals surface area contributed by atoms with Crippen molar-refractivity contribution < 1.29 is 9.53 Å². The summed E-state index contributed by atoms with van der Waals surface area (Å²) in [6.45, 7) is 15.3. The number of hydrogen-bond acceptors (Lipinski definition) is 2. The molecule has 0 aromatic carbocycles. The standard InChI is InChI=1S/C13H27NO2/c1-10(12(2,3)4)8-14-11(15)9-16-13(5,6)7/h10H,8-9H2,1-7H3,(H,14,15). The van der Waals surface area contributed by atoms with Crippen LogP contribution in [0.25, 0.3) is 0 Å². The molecule has 0 aromatic rings. The summed E-state index contributed by atoms with van der Waals surface area (Å²) < 4.78 is 5.40. The molecule has 1 unspecified atom stereocenters. The number of amides is 1. The summed E-state index contributed by atoms with van der Waals surface area (Å²) in [5.74, 6) is 0.414. The molecular formula is C13H27NO2. The Morgan fingerprint density at radius 1 is 1.19 bits per heavy atom. The molecule has 1 N–H and O–H groups in total. The highest BCUT2D eigenvalue weighted by atomic mass is 16.5. The molecule has 0 rings (SSSR count). The molecule has 96 valence electrons. The van der Waals surface area contributed by atoms with Gasteiger partial charge in [0.25, 0.3) is 0 Å². The molecule has 1 amide bonds. The van der Waals surface area contributed by atoms with E-state index in [4.69, 9.17) is 4.74 Å². The van der Waals surface area contributed by atoms with Crippen LogP contribution in [0.4, 0.5) is 0 Å². The highest BCUT2D eigenvalue weighted by Crippen LogP contribution is 2.24. The minimum Gasteiger partial charge on any atom is -0.366 e. The van der Waals surface area contributed by atoms with Gasteiger partial charge in [0, 0.05) is 6.54 Å². The zero-order chi connectivity index (χ0) is 13.0. The number of hydrogen-bond donors (Lipinski definition) is 1. The van der Waals surface area contributed by atoms with Crippen molar-refractivity contribution in [2.45, 2.75) is 54.1 Å². The molecule has 0 heterocycles. The lowest BCUT2D eigenvalue weighted by molar-refractivity contribution is -0.130. The second-order valence-corrected chi connectivity index (χ2v) is 6.47. The van der Waals surface area contributed by atoms with Crippen molar-refractivity contribution in [3.8, 4) is 0 Å². The number of ether oxygens (including phenoxy) is 1. The maximum atomic E-state index is 11.5. The third kappa shape index (κ3) is 7.69. The van der Waals surface area contributed by atoms with Gasteiger partial charge in [-0.3, -0.25) is 4.79 Å². The van der Waals surface area contributed by atoms with E-state index in [1.807, 2.05) is 20.8 Å². The van der Waals surface area contributed by atoms with Crippen LogP contribution < -0.4 is 5.32 Å². The van der Waals surface area contributed by atoms with Crippen LogP contribution in [-0.4, -0.2) is 24.7 Å². The lowest BCUT2D eigenvalue weighted by atomic mass is 9.82. The fourth-order valence-electron chi connectivity index (χ4n) is 0.906. The van der Waals surface area contributed by atoms with E-state index in [-0.39, 0.29) is 23.5 Å². The van der Waals surface area contributed by atoms with E-state index in [0.717, 1.165) is 0 Å². The summed E-state index contributed by atoms with van der Waals surface area (Å²) in [4.78, 5) is 11.5. The van der Waals surface area contributed by atoms with Crippen molar-refractivity contribution in [3.05, 3.63) is 0 Å². The molecule has 3 heteroatoms. The summed E-state index contributed by atoms with van der Waals surface area (Å²) in [5, 5.41) is 2.90. The zero-order valence-corrected chi connectivity index (χ0v) is 11.8. The normalized spacial score (nSPS) is 14.7. The van der Waals surface area contributed by atoms with E-state index >= 15 is 0 Å².